The number of carboxylic acid groups (broad SMARTS) is 2. The number of carbonyl (C=O) groups is 5. The Kier molecular flexibility index (Phi) is 12.4. The summed E-state index contributed by atoms with van der Waals surface area (Å²) in [6.45, 7) is 0.346. The summed E-state index contributed by atoms with van der Waals surface area (Å²) in [5.41, 5.74) is 18.3. The molecule has 15 nitrogen and oxygen atoms in total. The lowest BCUT2D eigenvalue weighted by molar-refractivity contribution is -0.145. The largest absolute Gasteiger partial charge is 0.481 e. The number of amides is 3. The number of hydrogen-bond donors (Lipinski definition) is 9. The zero-order valence-electron chi connectivity index (χ0n) is 21.9. The number of rotatable bonds is 17. The van der Waals surface area contributed by atoms with Crippen LogP contribution in [0.5, 0.6) is 0 Å². The molecule has 3 amide bonds. The lowest BCUT2D eigenvalue weighted by Gasteiger charge is -2.21. The Bertz CT molecular complexity index is 1220. The molecule has 3 unspecified atom stereocenters. The van der Waals surface area contributed by atoms with Crippen LogP contribution in [0, 0.1) is 0 Å². The molecular formula is C25H36N8O7. The summed E-state index contributed by atoms with van der Waals surface area (Å²) in [6.07, 6.45) is 1.91. The van der Waals surface area contributed by atoms with E-state index in [0.29, 0.717) is 13.0 Å². The number of nitrogens with two attached hydrogens (primary N) is 3. The number of benzene rings is 1. The Morgan fingerprint density at radius 1 is 0.950 bits per heavy atom. The maximum Gasteiger partial charge on any atom is 0.326 e. The van der Waals surface area contributed by atoms with Crippen molar-refractivity contribution in [2.75, 3.05) is 13.1 Å². The number of H-pyrrole nitrogens is 1. The van der Waals surface area contributed by atoms with Crippen molar-refractivity contribution in [3.8, 4) is 0 Å². The Morgan fingerprint density at radius 2 is 1.68 bits per heavy atom. The minimum absolute atomic E-state index is 0.0439. The first-order valence-corrected chi connectivity index (χ1v) is 12.7. The van der Waals surface area contributed by atoms with Gasteiger partial charge in [-0.05, 0) is 37.3 Å². The van der Waals surface area contributed by atoms with Crippen molar-refractivity contribution in [1.82, 2.24) is 20.9 Å². The molecule has 0 saturated carbocycles. The molecule has 1 aromatic carbocycles. The van der Waals surface area contributed by atoms with E-state index in [1.165, 1.54) is 0 Å². The van der Waals surface area contributed by atoms with Crippen LogP contribution in [-0.4, -0.2) is 82.0 Å². The van der Waals surface area contributed by atoms with Crippen molar-refractivity contribution in [2.24, 2.45) is 22.2 Å². The molecule has 2 rings (SSSR count). The molecule has 2 aromatic rings. The van der Waals surface area contributed by atoms with Crippen molar-refractivity contribution in [2.45, 2.75) is 56.7 Å². The third-order valence-corrected chi connectivity index (χ3v) is 5.95. The number of aromatic nitrogens is 1. The van der Waals surface area contributed by atoms with Gasteiger partial charge in [0.15, 0.2) is 5.96 Å². The van der Waals surface area contributed by atoms with Crippen LogP contribution in [0.2, 0.25) is 0 Å². The highest BCUT2D eigenvalue weighted by atomic mass is 16.4. The van der Waals surface area contributed by atoms with Crippen molar-refractivity contribution in [3.05, 3.63) is 36.0 Å². The summed E-state index contributed by atoms with van der Waals surface area (Å²) in [4.78, 5) is 66.6. The summed E-state index contributed by atoms with van der Waals surface area (Å²) in [5, 5.41) is 26.4. The van der Waals surface area contributed by atoms with Crippen LogP contribution in [0.4, 0.5) is 0 Å². The SMILES string of the molecule is NC(N)=NCCCC(N)C(=O)NC(Cc1c[nH]c2ccccc12)C(=O)NCCCC(NC(=O)CC(=O)O)C(=O)O. The molecule has 0 aliphatic heterocycles. The van der Waals surface area contributed by atoms with Crippen molar-refractivity contribution >= 4 is 46.5 Å². The smallest absolute Gasteiger partial charge is 0.326 e. The second-order valence-electron chi connectivity index (χ2n) is 9.14. The molecule has 1 aromatic heterocycles. The van der Waals surface area contributed by atoms with E-state index >= 15 is 0 Å². The third-order valence-electron chi connectivity index (χ3n) is 5.95. The first kappa shape index (κ1) is 31.6. The van der Waals surface area contributed by atoms with Gasteiger partial charge in [0.1, 0.15) is 18.5 Å². The van der Waals surface area contributed by atoms with Gasteiger partial charge in [0.2, 0.25) is 17.7 Å². The summed E-state index contributed by atoms with van der Waals surface area (Å²) < 4.78 is 0. The fraction of sp³-hybridized carbons (Fsp3) is 0.440. The molecule has 0 saturated heterocycles. The number of aliphatic carboxylic acids is 2. The molecule has 0 bridgehead atoms. The number of fused-ring (bicyclic) bond motifs is 1. The Hall–Kier alpha value is -4.66. The molecule has 218 valence electrons. The normalized spacial score (nSPS) is 13.0. The van der Waals surface area contributed by atoms with Crippen LogP contribution in [0.25, 0.3) is 10.9 Å². The number of nitrogens with zero attached hydrogens (tertiary/aromatic N) is 1. The van der Waals surface area contributed by atoms with Gasteiger partial charge >= 0.3 is 11.9 Å². The topological polar surface area (TPSA) is 268 Å². The van der Waals surface area contributed by atoms with Gasteiger partial charge in [-0.1, -0.05) is 18.2 Å². The van der Waals surface area contributed by atoms with Gasteiger partial charge in [0, 0.05) is 36.6 Å². The number of carbonyl (C=O) groups excluding carboxylic acids is 3. The molecule has 0 aliphatic rings. The maximum atomic E-state index is 13.1. The zero-order valence-corrected chi connectivity index (χ0v) is 21.9. The van der Waals surface area contributed by atoms with Crippen LogP contribution in [0.15, 0.2) is 35.5 Å². The van der Waals surface area contributed by atoms with E-state index in [9.17, 15) is 29.1 Å². The van der Waals surface area contributed by atoms with Crippen LogP contribution in [0.3, 0.4) is 0 Å². The average molecular weight is 561 g/mol. The average Bonchev–Trinajstić information content (AvgIpc) is 3.29. The summed E-state index contributed by atoms with van der Waals surface area (Å²) in [7, 11) is 0. The standard InChI is InChI=1S/C25H36N8O7/c26-16(6-3-10-30-25(27)28)22(37)33-19(11-14-13-31-17-7-2-1-5-15(14)17)23(38)29-9-4-8-18(24(39)40)32-20(34)12-21(35)36/h1-2,5,7,13,16,18-19,31H,3-4,6,8-12,26H2,(H,29,38)(H,32,34)(H,33,37)(H,35,36)(H,39,40)(H4,27,28,30). The van der Waals surface area contributed by atoms with Crippen molar-refractivity contribution in [1.29, 1.82) is 0 Å². The molecule has 0 fully saturated rings. The van der Waals surface area contributed by atoms with Crippen LogP contribution < -0.4 is 33.2 Å². The Labute approximate surface area is 229 Å². The van der Waals surface area contributed by atoms with Crippen LogP contribution >= 0.6 is 0 Å². The van der Waals surface area contributed by atoms with Gasteiger partial charge in [-0.25, -0.2) is 4.79 Å². The number of carboxylic acids is 2. The first-order chi connectivity index (χ1) is 19.0. The van der Waals surface area contributed by atoms with Crippen molar-refractivity contribution in [3.63, 3.8) is 0 Å². The first-order valence-electron chi connectivity index (χ1n) is 12.7. The zero-order chi connectivity index (χ0) is 29.7. The molecule has 15 heteroatoms. The minimum atomic E-state index is -1.38. The number of hydrogen-bond acceptors (Lipinski definition) is 7. The van der Waals surface area contributed by atoms with Gasteiger partial charge in [-0.15, -0.1) is 0 Å². The minimum Gasteiger partial charge on any atom is -0.481 e. The van der Waals surface area contributed by atoms with E-state index in [-0.39, 0.29) is 38.2 Å². The number of nitrogens with one attached hydrogen (secondary N) is 4. The van der Waals surface area contributed by atoms with E-state index in [0.717, 1.165) is 16.5 Å². The van der Waals surface area contributed by atoms with E-state index in [4.69, 9.17) is 22.3 Å². The van der Waals surface area contributed by atoms with Gasteiger partial charge in [-0.2, -0.15) is 0 Å². The molecule has 12 N–H and O–H groups in total. The highest BCUT2D eigenvalue weighted by Crippen LogP contribution is 2.19. The predicted molar refractivity (Wildman–Crippen MR) is 146 cm³/mol. The summed E-state index contributed by atoms with van der Waals surface area (Å²) in [6, 6.07) is 4.28. The lowest BCUT2D eigenvalue weighted by Crippen LogP contribution is -2.52. The van der Waals surface area contributed by atoms with Gasteiger partial charge < -0.3 is 48.3 Å². The highest BCUT2D eigenvalue weighted by Gasteiger charge is 2.26. The van der Waals surface area contributed by atoms with E-state index in [1.54, 1.807) is 6.20 Å². The molecule has 0 spiro atoms. The molecule has 40 heavy (non-hydrogen) atoms. The molecule has 1 heterocycles. The van der Waals surface area contributed by atoms with Gasteiger partial charge in [-0.3, -0.25) is 24.2 Å². The second kappa shape index (κ2) is 15.7. The number of para-hydroxylation sites is 1. The molecule has 3 atom stereocenters. The number of aliphatic imine (C=N–C) groups is 1. The summed E-state index contributed by atoms with van der Waals surface area (Å²) >= 11 is 0. The fourth-order valence-electron chi connectivity index (χ4n) is 3.94. The van der Waals surface area contributed by atoms with Crippen LogP contribution in [0.1, 0.15) is 37.7 Å². The van der Waals surface area contributed by atoms with Gasteiger partial charge in [0.25, 0.3) is 0 Å². The van der Waals surface area contributed by atoms with Crippen LogP contribution in [-0.2, 0) is 30.4 Å². The van der Waals surface area contributed by atoms with E-state index < -0.39 is 54.2 Å². The van der Waals surface area contributed by atoms with Gasteiger partial charge in [0.05, 0.1) is 6.04 Å². The van der Waals surface area contributed by atoms with E-state index in [2.05, 4.69) is 25.9 Å². The second-order valence-corrected chi connectivity index (χ2v) is 9.14. The maximum absolute atomic E-state index is 13.1. The number of aromatic amines is 1. The van der Waals surface area contributed by atoms with E-state index in [1.807, 2.05) is 24.3 Å². The molecule has 0 radical (unpaired) electrons. The molecular weight excluding hydrogens is 524 g/mol. The number of guanidine groups is 1. The lowest BCUT2D eigenvalue weighted by atomic mass is 10.0. The Balaban J connectivity index is 2.01. The quantitative estimate of drug-likeness (QED) is 0.0468. The third kappa shape index (κ3) is 10.6. The monoisotopic (exact) mass is 560 g/mol. The van der Waals surface area contributed by atoms with Crippen molar-refractivity contribution < 1.29 is 34.2 Å². The predicted octanol–water partition coefficient (Wildman–Crippen LogP) is -1.48. The fourth-order valence-corrected chi connectivity index (χ4v) is 3.94. The molecule has 0 aliphatic carbocycles. The summed E-state index contributed by atoms with van der Waals surface area (Å²) in [5.74, 6) is -4.75. The highest BCUT2D eigenvalue weighted by molar-refractivity contribution is 5.95. The Morgan fingerprint density at radius 3 is 2.35 bits per heavy atom.